The highest BCUT2D eigenvalue weighted by Gasteiger charge is 2.31. The summed E-state index contributed by atoms with van der Waals surface area (Å²) in [4.78, 5) is 24.6. The van der Waals surface area contributed by atoms with Crippen LogP contribution in [0.15, 0.2) is 18.2 Å². The highest BCUT2D eigenvalue weighted by molar-refractivity contribution is 6.01. The molecular weight excluding hydrogens is 271 g/mol. The van der Waals surface area contributed by atoms with E-state index in [4.69, 9.17) is 0 Å². The minimum absolute atomic E-state index is 0.166. The van der Waals surface area contributed by atoms with Gasteiger partial charge in [-0.2, -0.15) is 0 Å². The predicted octanol–water partition coefficient (Wildman–Crippen LogP) is 2.90. The number of piperidine rings is 1. The number of nitrogens with one attached hydrogen (secondary N) is 1. The molecule has 0 radical (unpaired) electrons. The van der Waals surface area contributed by atoms with Crippen LogP contribution in [0.5, 0.6) is 0 Å². The number of amides is 2. The first-order valence-electron chi connectivity index (χ1n) is 7.30. The summed E-state index contributed by atoms with van der Waals surface area (Å²) >= 11 is 0. The van der Waals surface area contributed by atoms with Crippen molar-refractivity contribution in [3.8, 4) is 0 Å². The van der Waals surface area contributed by atoms with Crippen LogP contribution in [0.25, 0.3) is 0 Å². The fraction of sp³-hybridized carbons (Fsp3) is 0.500. The number of hydrogen-bond donors (Lipinski definition) is 1. The van der Waals surface area contributed by atoms with Crippen molar-refractivity contribution in [1.29, 1.82) is 0 Å². The van der Waals surface area contributed by atoms with E-state index in [-0.39, 0.29) is 23.5 Å². The second-order valence-corrected chi connectivity index (χ2v) is 5.57. The second kappa shape index (κ2) is 6.24. The number of likely N-dealkylation sites (N-methyl/N-ethyl adjacent to an activating group) is 1. The van der Waals surface area contributed by atoms with Gasteiger partial charge in [-0.3, -0.25) is 14.5 Å². The molecule has 1 fully saturated rings. The average Bonchev–Trinajstić information content (AvgIpc) is 2.47. The number of anilines is 1. The van der Waals surface area contributed by atoms with E-state index < -0.39 is 6.04 Å². The van der Waals surface area contributed by atoms with Gasteiger partial charge < -0.3 is 5.32 Å². The van der Waals surface area contributed by atoms with Gasteiger partial charge in [-0.05, 0) is 36.5 Å². The van der Waals surface area contributed by atoms with E-state index in [2.05, 4.69) is 5.32 Å². The minimum Gasteiger partial charge on any atom is -0.374 e. The van der Waals surface area contributed by atoms with Crippen molar-refractivity contribution in [2.75, 3.05) is 12.4 Å². The number of likely N-dealkylation sites (tertiary alicyclic amines) is 1. The Morgan fingerprint density at radius 1 is 1.43 bits per heavy atom. The van der Waals surface area contributed by atoms with Crippen LogP contribution < -0.4 is 5.32 Å². The Kier molecular flexibility index (Phi) is 4.60. The smallest absolute Gasteiger partial charge is 0.251 e. The normalized spacial score (nSPS) is 20.6. The standard InChI is InChI=1S/C16H21FN2O2/c1-4-10(2)12-6-5-11(9-13(12)17)18-14-7-8-15(20)19(3)16(14)21/h5-6,9-10,14,18H,4,7-8H2,1-3H3. The summed E-state index contributed by atoms with van der Waals surface area (Å²) in [6, 6.07) is 4.49. The lowest BCUT2D eigenvalue weighted by molar-refractivity contribution is -0.146. The van der Waals surface area contributed by atoms with Crippen LogP contribution >= 0.6 is 0 Å². The molecule has 5 heteroatoms. The molecule has 1 aromatic rings. The third-order valence-electron chi connectivity index (χ3n) is 4.13. The molecule has 4 nitrogen and oxygen atoms in total. The van der Waals surface area contributed by atoms with Crippen LogP contribution in [0.2, 0.25) is 0 Å². The molecule has 2 atom stereocenters. The zero-order valence-corrected chi connectivity index (χ0v) is 12.6. The molecule has 1 aliphatic rings. The molecule has 1 N–H and O–H groups in total. The Morgan fingerprint density at radius 3 is 2.76 bits per heavy atom. The van der Waals surface area contributed by atoms with Crippen molar-refractivity contribution in [3.05, 3.63) is 29.6 Å². The van der Waals surface area contributed by atoms with E-state index >= 15 is 0 Å². The molecule has 0 aliphatic carbocycles. The molecule has 114 valence electrons. The fourth-order valence-corrected chi connectivity index (χ4v) is 2.49. The van der Waals surface area contributed by atoms with Crippen molar-refractivity contribution in [2.24, 2.45) is 0 Å². The monoisotopic (exact) mass is 292 g/mol. The van der Waals surface area contributed by atoms with Crippen molar-refractivity contribution >= 4 is 17.5 Å². The summed E-state index contributed by atoms with van der Waals surface area (Å²) in [5.41, 5.74) is 1.26. The van der Waals surface area contributed by atoms with Crippen molar-refractivity contribution in [1.82, 2.24) is 4.90 Å². The van der Waals surface area contributed by atoms with E-state index in [0.717, 1.165) is 11.3 Å². The average molecular weight is 292 g/mol. The first kappa shape index (κ1) is 15.5. The zero-order valence-electron chi connectivity index (χ0n) is 12.6. The van der Waals surface area contributed by atoms with Crippen LogP contribution in [0.1, 0.15) is 44.6 Å². The Hall–Kier alpha value is -1.91. The fourth-order valence-electron chi connectivity index (χ4n) is 2.49. The first-order valence-corrected chi connectivity index (χ1v) is 7.30. The van der Waals surface area contributed by atoms with Crippen molar-refractivity contribution in [3.63, 3.8) is 0 Å². The highest BCUT2D eigenvalue weighted by Crippen LogP contribution is 2.25. The number of hydrogen-bond acceptors (Lipinski definition) is 3. The van der Waals surface area contributed by atoms with Gasteiger partial charge in [0.2, 0.25) is 5.91 Å². The molecule has 21 heavy (non-hydrogen) atoms. The maximum atomic E-state index is 14.1. The molecule has 1 saturated heterocycles. The lowest BCUT2D eigenvalue weighted by atomic mass is 9.97. The Bertz CT molecular complexity index is 559. The molecule has 1 aliphatic heterocycles. The molecule has 0 saturated carbocycles. The zero-order chi connectivity index (χ0) is 15.6. The van der Waals surface area contributed by atoms with Crippen LogP contribution in [0, 0.1) is 5.82 Å². The van der Waals surface area contributed by atoms with E-state index in [1.54, 1.807) is 12.1 Å². The minimum atomic E-state index is -0.471. The number of imide groups is 1. The van der Waals surface area contributed by atoms with Gasteiger partial charge in [0.25, 0.3) is 5.91 Å². The van der Waals surface area contributed by atoms with Gasteiger partial charge in [0.15, 0.2) is 0 Å². The molecule has 2 rings (SSSR count). The molecule has 1 aromatic carbocycles. The maximum absolute atomic E-state index is 14.1. The molecule has 0 spiro atoms. The summed E-state index contributed by atoms with van der Waals surface area (Å²) in [6.07, 6.45) is 1.64. The summed E-state index contributed by atoms with van der Waals surface area (Å²) in [5, 5.41) is 3.02. The quantitative estimate of drug-likeness (QED) is 0.868. The number of benzene rings is 1. The largest absolute Gasteiger partial charge is 0.374 e. The van der Waals surface area contributed by atoms with Crippen molar-refractivity contribution < 1.29 is 14.0 Å². The lowest BCUT2D eigenvalue weighted by Gasteiger charge is -2.29. The van der Waals surface area contributed by atoms with Gasteiger partial charge in [0.05, 0.1) is 0 Å². The first-order chi connectivity index (χ1) is 9.93. The third kappa shape index (κ3) is 3.23. The summed E-state index contributed by atoms with van der Waals surface area (Å²) in [7, 11) is 1.48. The maximum Gasteiger partial charge on any atom is 0.251 e. The lowest BCUT2D eigenvalue weighted by Crippen LogP contribution is -2.48. The van der Waals surface area contributed by atoms with Crippen LogP contribution in [0.4, 0.5) is 10.1 Å². The third-order valence-corrected chi connectivity index (χ3v) is 4.13. The molecule has 2 amide bonds. The van der Waals surface area contributed by atoms with E-state index in [0.29, 0.717) is 24.1 Å². The van der Waals surface area contributed by atoms with E-state index in [1.165, 1.54) is 13.1 Å². The molecule has 0 bridgehead atoms. The van der Waals surface area contributed by atoms with Gasteiger partial charge in [-0.15, -0.1) is 0 Å². The number of carbonyl (C=O) groups excluding carboxylic acids is 2. The summed E-state index contributed by atoms with van der Waals surface area (Å²) in [6.45, 7) is 4.00. The Labute approximate surface area is 124 Å². The van der Waals surface area contributed by atoms with Crippen LogP contribution in [-0.2, 0) is 9.59 Å². The summed E-state index contributed by atoms with van der Waals surface area (Å²) < 4.78 is 14.1. The van der Waals surface area contributed by atoms with E-state index in [1.807, 2.05) is 13.8 Å². The molecule has 1 heterocycles. The van der Waals surface area contributed by atoms with Crippen molar-refractivity contribution in [2.45, 2.75) is 45.1 Å². The highest BCUT2D eigenvalue weighted by atomic mass is 19.1. The van der Waals surface area contributed by atoms with E-state index in [9.17, 15) is 14.0 Å². The molecule has 0 aromatic heterocycles. The van der Waals surface area contributed by atoms with Gasteiger partial charge in [-0.25, -0.2) is 4.39 Å². The summed E-state index contributed by atoms with van der Waals surface area (Å²) in [5.74, 6) is -0.532. The SMILES string of the molecule is CCC(C)c1ccc(NC2CCC(=O)N(C)C2=O)cc1F. The number of nitrogens with zero attached hydrogens (tertiary/aromatic N) is 1. The van der Waals surface area contributed by atoms with Crippen LogP contribution in [-0.4, -0.2) is 29.8 Å². The van der Waals surface area contributed by atoms with Gasteiger partial charge in [0.1, 0.15) is 11.9 Å². The Morgan fingerprint density at radius 2 is 2.14 bits per heavy atom. The Balaban J connectivity index is 2.12. The number of carbonyl (C=O) groups is 2. The topological polar surface area (TPSA) is 49.4 Å². The van der Waals surface area contributed by atoms with Crippen LogP contribution in [0.3, 0.4) is 0 Å². The van der Waals surface area contributed by atoms with Gasteiger partial charge in [0, 0.05) is 19.2 Å². The second-order valence-electron chi connectivity index (χ2n) is 5.57. The number of rotatable bonds is 4. The van der Waals surface area contributed by atoms with Gasteiger partial charge in [-0.1, -0.05) is 19.9 Å². The predicted molar refractivity (Wildman–Crippen MR) is 79.5 cm³/mol. The van der Waals surface area contributed by atoms with Gasteiger partial charge >= 0.3 is 0 Å². The molecule has 2 unspecified atom stereocenters. The molecular formula is C16H21FN2O2. The number of halogens is 1.